The Labute approximate surface area is 119 Å². The number of nitrogens with two attached hydrogens (primary N) is 1. The lowest BCUT2D eigenvalue weighted by Gasteiger charge is -2.39. The summed E-state index contributed by atoms with van der Waals surface area (Å²) in [7, 11) is 2.11. The molecule has 0 radical (unpaired) electrons. The summed E-state index contributed by atoms with van der Waals surface area (Å²) in [5, 5.41) is 0. The van der Waals surface area contributed by atoms with Crippen molar-refractivity contribution in [1.29, 1.82) is 0 Å². The van der Waals surface area contributed by atoms with Crippen LogP contribution in [0.5, 0.6) is 0 Å². The lowest BCUT2D eigenvalue weighted by Crippen LogP contribution is -2.38. The van der Waals surface area contributed by atoms with Crippen molar-refractivity contribution in [1.82, 2.24) is 14.4 Å². The van der Waals surface area contributed by atoms with Crippen LogP contribution >= 0.6 is 0 Å². The predicted molar refractivity (Wildman–Crippen MR) is 81.8 cm³/mol. The summed E-state index contributed by atoms with van der Waals surface area (Å²) in [4.78, 5) is 11.2. The van der Waals surface area contributed by atoms with E-state index in [1.165, 1.54) is 25.7 Å². The molecule has 5 heteroatoms. The molecular formula is C15H23N5. The van der Waals surface area contributed by atoms with E-state index in [2.05, 4.69) is 35.8 Å². The van der Waals surface area contributed by atoms with Gasteiger partial charge in [-0.25, -0.2) is 9.97 Å². The van der Waals surface area contributed by atoms with Crippen LogP contribution in [0.2, 0.25) is 0 Å². The predicted octanol–water partition coefficient (Wildman–Crippen LogP) is 2.72. The summed E-state index contributed by atoms with van der Waals surface area (Å²) >= 11 is 0. The number of fused-ring (bicyclic) bond motifs is 1. The summed E-state index contributed by atoms with van der Waals surface area (Å²) in [5.41, 5.74) is 7.26. The van der Waals surface area contributed by atoms with Crippen LogP contribution in [-0.2, 0) is 0 Å². The summed E-state index contributed by atoms with van der Waals surface area (Å²) in [6.07, 6.45) is 10.4. The minimum atomic E-state index is 0.475. The first kappa shape index (κ1) is 13.2. The van der Waals surface area contributed by atoms with Gasteiger partial charge in [-0.2, -0.15) is 0 Å². The third kappa shape index (κ3) is 2.32. The highest BCUT2D eigenvalue weighted by molar-refractivity contribution is 5.66. The van der Waals surface area contributed by atoms with Gasteiger partial charge >= 0.3 is 0 Å². The Morgan fingerprint density at radius 3 is 2.75 bits per heavy atom. The molecule has 3 rings (SSSR count). The molecule has 20 heavy (non-hydrogen) atoms. The summed E-state index contributed by atoms with van der Waals surface area (Å²) in [6, 6.07) is 0.526. The van der Waals surface area contributed by atoms with Gasteiger partial charge in [0.05, 0.1) is 6.20 Å². The molecule has 0 amide bonds. The Hall–Kier alpha value is -1.78. The van der Waals surface area contributed by atoms with Gasteiger partial charge in [-0.1, -0.05) is 13.8 Å². The Morgan fingerprint density at radius 1 is 1.35 bits per heavy atom. The molecule has 1 saturated carbocycles. The first-order valence-electron chi connectivity index (χ1n) is 7.28. The second kappa shape index (κ2) is 4.65. The Bertz CT molecular complexity index is 606. The van der Waals surface area contributed by atoms with Gasteiger partial charge < -0.3 is 15.0 Å². The molecule has 0 unspecified atom stereocenters. The Morgan fingerprint density at radius 2 is 2.05 bits per heavy atom. The standard InChI is InChI=1S/C15H23N5/c1-15(2)6-4-11(5-7-15)19(3)14-13-17-8-9-20(13)10-12(16)18-14/h8-11H,4-7,16H2,1-3H3. The maximum absolute atomic E-state index is 5.91. The van der Waals surface area contributed by atoms with Crippen molar-refractivity contribution >= 4 is 17.3 Å². The number of rotatable bonds is 2. The van der Waals surface area contributed by atoms with Gasteiger partial charge in [0.25, 0.3) is 0 Å². The van der Waals surface area contributed by atoms with Gasteiger partial charge in [-0.05, 0) is 31.1 Å². The van der Waals surface area contributed by atoms with E-state index in [1.807, 2.05) is 16.8 Å². The first-order valence-corrected chi connectivity index (χ1v) is 7.28. The van der Waals surface area contributed by atoms with Gasteiger partial charge in [-0.3, -0.25) is 0 Å². The molecule has 0 spiro atoms. The van der Waals surface area contributed by atoms with Crippen LogP contribution in [-0.4, -0.2) is 27.5 Å². The van der Waals surface area contributed by atoms with Crippen LogP contribution in [0.1, 0.15) is 39.5 Å². The third-order valence-electron chi connectivity index (χ3n) is 4.57. The van der Waals surface area contributed by atoms with Crippen molar-refractivity contribution < 1.29 is 0 Å². The van der Waals surface area contributed by atoms with Gasteiger partial charge in [-0.15, -0.1) is 0 Å². The fourth-order valence-corrected chi connectivity index (χ4v) is 3.11. The van der Waals surface area contributed by atoms with Crippen molar-refractivity contribution in [3.63, 3.8) is 0 Å². The van der Waals surface area contributed by atoms with Crippen LogP contribution in [0.15, 0.2) is 18.6 Å². The average Bonchev–Trinajstić information content (AvgIpc) is 2.85. The molecule has 1 aliphatic rings. The lowest BCUT2D eigenvalue weighted by atomic mass is 9.75. The largest absolute Gasteiger partial charge is 0.382 e. The van der Waals surface area contributed by atoms with Crippen LogP contribution < -0.4 is 10.6 Å². The van der Waals surface area contributed by atoms with Crippen LogP contribution in [0.4, 0.5) is 11.6 Å². The molecule has 2 aromatic rings. The normalized spacial score (nSPS) is 19.4. The molecule has 108 valence electrons. The van der Waals surface area contributed by atoms with Crippen molar-refractivity contribution in [2.45, 2.75) is 45.6 Å². The molecule has 5 nitrogen and oxygen atoms in total. The number of imidazole rings is 1. The zero-order valence-corrected chi connectivity index (χ0v) is 12.5. The van der Waals surface area contributed by atoms with E-state index < -0.39 is 0 Å². The number of hydrogen-bond donors (Lipinski definition) is 1. The Kier molecular flexibility index (Phi) is 3.07. The average molecular weight is 273 g/mol. The van der Waals surface area contributed by atoms with E-state index in [0.717, 1.165) is 11.5 Å². The van der Waals surface area contributed by atoms with Crippen molar-refractivity contribution in [2.75, 3.05) is 17.7 Å². The quantitative estimate of drug-likeness (QED) is 0.914. The molecule has 0 aromatic carbocycles. The maximum Gasteiger partial charge on any atom is 0.180 e. The van der Waals surface area contributed by atoms with E-state index in [0.29, 0.717) is 17.3 Å². The molecule has 0 aliphatic heterocycles. The minimum absolute atomic E-state index is 0.475. The Balaban J connectivity index is 1.89. The van der Waals surface area contributed by atoms with Gasteiger partial charge in [0, 0.05) is 25.5 Å². The zero-order chi connectivity index (χ0) is 14.3. The highest BCUT2D eigenvalue weighted by Gasteiger charge is 2.30. The van der Waals surface area contributed by atoms with Crippen molar-refractivity contribution in [2.24, 2.45) is 5.41 Å². The van der Waals surface area contributed by atoms with E-state index in [9.17, 15) is 0 Å². The third-order valence-corrected chi connectivity index (χ3v) is 4.57. The fourth-order valence-electron chi connectivity index (χ4n) is 3.11. The maximum atomic E-state index is 5.91. The second-order valence-electron chi connectivity index (χ2n) is 6.65. The van der Waals surface area contributed by atoms with Crippen LogP contribution in [0.3, 0.4) is 0 Å². The number of nitrogens with zero attached hydrogens (tertiary/aromatic N) is 4. The highest BCUT2D eigenvalue weighted by Crippen LogP contribution is 2.37. The summed E-state index contributed by atoms with van der Waals surface area (Å²) in [6.45, 7) is 4.71. The molecule has 1 fully saturated rings. The molecule has 0 bridgehead atoms. The van der Waals surface area contributed by atoms with Gasteiger partial charge in [0.2, 0.25) is 0 Å². The van der Waals surface area contributed by atoms with E-state index in [-0.39, 0.29) is 0 Å². The van der Waals surface area contributed by atoms with E-state index >= 15 is 0 Å². The highest BCUT2D eigenvalue weighted by atomic mass is 15.2. The van der Waals surface area contributed by atoms with Crippen molar-refractivity contribution in [3.8, 4) is 0 Å². The minimum Gasteiger partial charge on any atom is -0.382 e. The number of aromatic nitrogens is 3. The topological polar surface area (TPSA) is 59.5 Å². The molecule has 2 heterocycles. The van der Waals surface area contributed by atoms with E-state index in [4.69, 9.17) is 5.73 Å². The molecule has 0 atom stereocenters. The molecule has 0 saturated heterocycles. The first-order chi connectivity index (χ1) is 9.46. The number of anilines is 2. The summed E-state index contributed by atoms with van der Waals surface area (Å²) in [5.74, 6) is 1.42. The zero-order valence-electron chi connectivity index (χ0n) is 12.5. The van der Waals surface area contributed by atoms with Gasteiger partial charge in [0.15, 0.2) is 11.5 Å². The fraction of sp³-hybridized carbons (Fsp3) is 0.600. The molecule has 2 N–H and O–H groups in total. The van der Waals surface area contributed by atoms with E-state index in [1.54, 1.807) is 6.20 Å². The van der Waals surface area contributed by atoms with Crippen LogP contribution in [0.25, 0.3) is 5.65 Å². The summed E-state index contributed by atoms with van der Waals surface area (Å²) < 4.78 is 1.95. The van der Waals surface area contributed by atoms with Crippen LogP contribution in [0, 0.1) is 5.41 Å². The SMILES string of the molecule is CN(c1nc(N)cn2ccnc12)C1CCC(C)(C)CC1. The number of nitrogen functional groups attached to an aromatic ring is 1. The van der Waals surface area contributed by atoms with Gasteiger partial charge in [0.1, 0.15) is 5.82 Å². The molecule has 2 aromatic heterocycles. The second-order valence-corrected chi connectivity index (χ2v) is 6.65. The smallest absolute Gasteiger partial charge is 0.180 e. The lowest BCUT2D eigenvalue weighted by molar-refractivity contribution is 0.222. The molecular weight excluding hydrogens is 250 g/mol. The van der Waals surface area contributed by atoms with Crippen molar-refractivity contribution in [3.05, 3.63) is 18.6 Å². The monoisotopic (exact) mass is 273 g/mol. The number of hydrogen-bond acceptors (Lipinski definition) is 4. The molecule has 1 aliphatic carbocycles.